The number of thiazole rings is 1. The number of aromatic nitrogens is 2. The molecule has 1 amide bonds. The van der Waals surface area contributed by atoms with Crippen molar-refractivity contribution in [2.24, 2.45) is 5.41 Å². The van der Waals surface area contributed by atoms with Crippen LogP contribution in [-0.2, 0) is 0 Å². The normalized spacial score (nSPS) is 17.7. The maximum atomic E-state index is 13.4. The van der Waals surface area contributed by atoms with Gasteiger partial charge in [-0.15, -0.1) is 11.3 Å². The van der Waals surface area contributed by atoms with E-state index in [1.807, 2.05) is 59.8 Å². The lowest BCUT2D eigenvalue weighted by atomic mass is 9.71. The van der Waals surface area contributed by atoms with E-state index in [0.29, 0.717) is 10.4 Å². The number of hydrogen-bond donors (Lipinski definition) is 0. The second kappa shape index (κ2) is 9.25. The van der Waals surface area contributed by atoms with Crippen molar-refractivity contribution in [2.75, 3.05) is 31.1 Å². The number of anilines is 1. The minimum Gasteiger partial charge on any atom is -0.371 e. The molecule has 0 radical (unpaired) electrons. The monoisotopic (exact) mass is 502 g/mol. The molecule has 4 aromatic rings. The van der Waals surface area contributed by atoms with Crippen molar-refractivity contribution in [1.29, 1.82) is 0 Å². The molecule has 0 atom stereocenters. The topological polar surface area (TPSA) is 49.3 Å². The summed E-state index contributed by atoms with van der Waals surface area (Å²) in [6, 6.07) is 17.9. The largest absolute Gasteiger partial charge is 0.371 e. The number of piperidine rings is 2. The minimum absolute atomic E-state index is 0.120. The molecule has 6 rings (SSSR count). The fourth-order valence-electron chi connectivity index (χ4n) is 5.48. The fraction of sp³-hybridized carbons (Fsp3) is 0.321. The van der Waals surface area contributed by atoms with Crippen LogP contribution in [-0.4, -0.2) is 47.0 Å². The van der Waals surface area contributed by atoms with Crippen LogP contribution in [0.15, 0.2) is 67.0 Å². The van der Waals surface area contributed by atoms with E-state index in [0.717, 1.165) is 65.4 Å². The first kappa shape index (κ1) is 22.5. The molecule has 2 saturated heterocycles. The zero-order valence-corrected chi connectivity index (χ0v) is 21.1. The van der Waals surface area contributed by atoms with Gasteiger partial charge in [-0.25, -0.2) is 4.98 Å². The first-order chi connectivity index (χ1) is 17.1. The third-order valence-electron chi connectivity index (χ3n) is 7.69. The molecule has 1 spiro atoms. The average Bonchev–Trinajstić information content (AvgIpc) is 3.36. The third kappa shape index (κ3) is 4.41. The minimum atomic E-state index is 0.120. The summed E-state index contributed by atoms with van der Waals surface area (Å²) in [5.41, 5.74) is 4.14. The van der Waals surface area contributed by atoms with Crippen LogP contribution in [0.4, 0.5) is 5.69 Å². The molecule has 2 aromatic heterocycles. The molecule has 0 bridgehead atoms. The molecule has 0 aliphatic carbocycles. The van der Waals surface area contributed by atoms with Crippen molar-refractivity contribution in [3.63, 3.8) is 0 Å². The fourth-order valence-corrected chi connectivity index (χ4v) is 6.75. The number of amides is 1. The van der Waals surface area contributed by atoms with E-state index in [4.69, 9.17) is 16.6 Å². The van der Waals surface area contributed by atoms with Gasteiger partial charge in [0.1, 0.15) is 10.5 Å². The van der Waals surface area contributed by atoms with E-state index < -0.39 is 0 Å². The quantitative estimate of drug-likeness (QED) is 0.319. The van der Waals surface area contributed by atoms with Crippen molar-refractivity contribution >= 4 is 44.7 Å². The molecule has 0 N–H and O–H groups in total. The zero-order valence-electron chi connectivity index (χ0n) is 19.5. The Morgan fingerprint density at radius 2 is 1.63 bits per heavy atom. The van der Waals surface area contributed by atoms with Crippen molar-refractivity contribution in [3.05, 3.63) is 77.6 Å². The van der Waals surface area contributed by atoms with E-state index in [-0.39, 0.29) is 5.91 Å². The zero-order chi connectivity index (χ0) is 23.8. The molecule has 2 fully saturated rings. The Morgan fingerprint density at radius 1 is 0.914 bits per heavy atom. The number of hydrogen-bond acceptors (Lipinski definition) is 5. The highest BCUT2D eigenvalue weighted by molar-refractivity contribution is 7.21. The van der Waals surface area contributed by atoms with Crippen LogP contribution in [0.3, 0.4) is 0 Å². The van der Waals surface area contributed by atoms with Crippen LogP contribution in [0.1, 0.15) is 36.0 Å². The summed E-state index contributed by atoms with van der Waals surface area (Å²) in [6.45, 7) is 3.81. The molecule has 7 heteroatoms. The van der Waals surface area contributed by atoms with Crippen LogP contribution >= 0.6 is 22.9 Å². The van der Waals surface area contributed by atoms with E-state index in [1.165, 1.54) is 18.5 Å². The summed E-state index contributed by atoms with van der Waals surface area (Å²) < 4.78 is 1.06. The summed E-state index contributed by atoms with van der Waals surface area (Å²) in [5, 5.41) is 1.55. The first-order valence-corrected chi connectivity index (χ1v) is 13.4. The summed E-state index contributed by atoms with van der Waals surface area (Å²) in [6.07, 6.45) is 8.27. The van der Waals surface area contributed by atoms with Gasteiger partial charge in [0, 0.05) is 55.4 Å². The molecule has 4 heterocycles. The van der Waals surface area contributed by atoms with Gasteiger partial charge in [0.2, 0.25) is 0 Å². The van der Waals surface area contributed by atoms with Gasteiger partial charge in [0.25, 0.3) is 5.91 Å². The molecule has 5 nitrogen and oxygen atoms in total. The second-order valence-corrected chi connectivity index (χ2v) is 11.1. The Kier molecular flexibility index (Phi) is 5.94. The Hall–Kier alpha value is -2.96. The SMILES string of the molecule is O=C(c1cccc(-c2nc3c(Cl)cccc3s2)c1)N1CCC2(CC1)CCN(c1ccncc1)CC2. The predicted octanol–water partition coefficient (Wildman–Crippen LogP) is 6.53. The van der Waals surface area contributed by atoms with Crippen LogP contribution in [0, 0.1) is 5.41 Å². The third-order valence-corrected chi connectivity index (χ3v) is 9.06. The molecule has 0 unspecified atom stereocenters. The first-order valence-electron chi connectivity index (χ1n) is 12.2. The van der Waals surface area contributed by atoms with Gasteiger partial charge < -0.3 is 9.80 Å². The highest BCUT2D eigenvalue weighted by Gasteiger charge is 2.38. The van der Waals surface area contributed by atoms with E-state index in [2.05, 4.69) is 22.0 Å². The highest BCUT2D eigenvalue weighted by atomic mass is 35.5. The molecule has 178 valence electrons. The number of carbonyl (C=O) groups excluding carboxylic acids is 1. The Bertz CT molecular complexity index is 1350. The molecular formula is C28H27ClN4OS. The van der Waals surface area contributed by atoms with Gasteiger partial charge in [-0.3, -0.25) is 9.78 Å². The van der Waals surface area contributed by atoms with Crippen LogP contribution in [0.2, 0.25) is 5.02 Å². The second-order valence-electron chi connectivity index (χ2n) is 9.67. The lowest BCUT2D eigenvalue weighted by Crippen LogP contribution is -2.48. The van der Waals surface area contributed by atoms with Gasteiger partial charge in [-0.1, -0.05) is 29.8 Å². The van der Waals surface area contributed by atoms with Crippen LogP contribution < -0.4 is 4.90 Å². The highest BCUT2D eigenvalue weighted by Crippen LogP contribution is 2.42. The summed E-state index contributed by atoms with van der Waals surface area (Å²) >= 11 is 7.93. The van der Waals surface area contributed by atoms with Crippen LogP contribution in [0.5, 0.6) is 0 Å². The number of para-hydroxylation sites is 1. The molecule has 35 heavy (non-hydrogen) atoms. The predicted molar refractivity (Wildman–Crippen MR) is 143 cm³/mol. The lowest BCUT2D eigenvalue weighted by molar-refractivity contribution is 0.0515. The maximum absolute atomic E-state index is 13.4. The molecule has 2 aromatic carbocycles. The Morgan fingerprint density at radius 3 is 2.37 bits per heavy atom. The summed E-state index contributed by atoms with van der Waals surface area (Å²) in [4.78, 5) is 26.8. The smallest absolute Gasteiger partial charge is 0.253 e. The van der Waals surface area contributed by atoms with Crippen molar-refractivity contribution < 1.29 is 4.79 Å². The molecule has 2 aliphatic heterocycles. The summed E-state index contributed by atoms with van der Waals surface area (Å²) in [5.74, 6) is 0.120. The average molecular weight is 503 g/mol. The summed E-state index contributed by atoms with van der Waals surface area (Å²) in [7, 11) is 0. The van der Waals surface area contributed by atoms with Crippen LogP contribution in [0.25, 0.3) is 20.8 Å². The number of fused-ring (bicyclic) bond motifs is 1. The number of benzene rings is 2. The molecule has 0 saturated carbocycles. The Balaban J connectivity index is 1.12. The standard InChI is InChI=1S/C28H27ClN4OS/c29-23-5-2-6-24-25(23)31-26(35-24)20-3-1-4-21(19-20)27(34)33-17-11-28(12-18-33)9-15-32(16-10-28)22-7-13-30-14-8-22/h1-8,13-14,19H,9-12,15-18H2. The van der Waals surface area contributed by atoms with Crippen molar-refractivity contribution in [3.8, 4) is 10.6 Å². The number of carbonyl (C=O) groups is 1. The van der Waals surface area contributed by atoms with E-state index >= 15 is 0 Å². The van der Waals surface area contributed by atoms with Gasteiger partial charge in [0.05, 0.1) is 9.72 Å². The van der Waals surface area contributed by atoms with E-state index in [9.17, 15) is 4.79 Å². The van der Waals surface area contributed by atoms with Gasteiger partial charge in [-0.2, -0.15) is 0 Å². The molecule has 2 aliphatic rings. The van der Waals surface area contributed by atoms with E-state index in [1.54, 1.807) is 11.3 Å². The number of rotatable bonds is 3. The number of nitrogens with zero attached hydrogens (tertiary/aromatic N) is 4. The van der Waals surface area contributed by atoms with Crippen molar-refractivity contribution in [2.45, 2.75) is 25.7 Å². The van der Waals surface area contributed by atoms with Gasteiger partial charge >= 0.3 is 0 Å². The molecular weight excluding hydrogens is 476 g/mol. The van der Waals surface area contributed by atoms with Crippen molar-refractivity contribution in [1.82, 2.24) is 14.9 Å². The van der Waals surface area contributed by atoms with Gasteiger partial charge in [-0.05, 0) is 67.5 Å². The maximum Gasteiger partial charge on any atom is 0.253 e. The number of halogens is 1. The number of pyridine rings is 1. The van der Waals surface area contributed by atoms with Gasteiger partial charge in [0.15, 0.2) is 0 Å². The lowest BCUT2D eigenvalue weighted by Gasteiger charge is -2.47. The Labute approximate surface area is 214 Å². The number of likely N-dealkylation sites (tertiary alicyclic amines) is 1.